The molecule has 0 aromatic carbocycles. The van der Waals surface area contributed by atoms with Crippen LogP contribution in [0.25, 0.3) is 0 Å². The van der Waals surface area contributed by atoms with Gasteiger partial charge in [0.15, 0.2) is 0 Å². The maximum atomic E-state index is 12.5. The van der Waals surface area contributed by atoms with Gasteiger partial charge in [0.25, 0.3) is 0 Å². The van der Waals surface area contributed by atoms with Crippen LogP contribution >= 0.6 is 0 Å². The zero-order valence-corrected chi connectivity index (χ0v) is 12.6. The quantitative estimate of drug-likeness (QED) is 0.858. The van der Waals surface area contributed by atoms with E-state index in [-0.39, 0.29) is 0 Å². The summed E-state index contributed by atoms with van der Waals surface area (Å²) < 4.78 is 37.6. The Morgan fingerprint density at radius 3 is 2.38 bits per heavy atom. The molecule has 0 radical (unpaired) electrons. The third-order valence-electron chi connectivity index (χ3n) is 4.02. The fourth-order valence-corrected chi connectivity index (χ4v) is 2.62. The first-order valence-corrected chi connectivity index (χ1v) is 7.06. The average molecular weight is 302 g/mol. The molecule has 0 N–H and O–H groups in total. The molecule has 7 heteroatoms. The van der Waals surface area contributed by atoms with Crippen molar-refractivity contribution in [1.29, 1.82) is 0 Å². The Hall–Kier alpha value is -1.21. The summed E-state index contributed by atoms with van der Waals surface area (Å²) in [6.07, 6.45) is -1.02. The number of nitrogens with zero attached hydrogens (tertiary/aromatic N) is 4. The molecule has 0 saturated carbocycles. The van der Waals surface area contributed by atoms with Gasteiger partial charge in [-0.2, -0.15) is 13.2 Å². The Balaban J connectivity index is 1.98. The first-order valence-electron chi connectivity index (χ1n) is 7.06. The van der Waals surface area contributed by atoms with Gasteiger partial charge in [0.1, 0.15) is 0 Å². The van der Waals surface area contributed by atoms with Crippen molar-refractivity contribution in [2.75, 3.05) is 27.2 Å². The van der Waals surface area contributed by atoms with Crippen LogP contribution in [-0.2, 0) is 12.7 Å². The van der Waals surface area contributed by atoms with Gasteiger partial charge in [-0.05, 0) is 47.0 Å². The van der Waals surface area contributed by atoms with Crippen LogP contribution < -0.4 is 0 Å². The minimum atomic E-state index is -4.48. The molecular formula is C14H21F3N4. The van der Waals surface area contributed by atoms with Crippen LogP contribution in [0.5, 0.6) is 0 Å². The topological polar surface area (TPSA) is 32.3 Å². The summed E-state index contributed by atoms with van der Waals surface area (Å²) in [5.41, 5.74) is 1.18. The third kappa shape index (κ3) is 4.14. The number of piperidine rings is 1. The lowest BCUT2D eigenvalue weighted by atomic mass is 10.0. The van der Waals surface area contributed by atoms with E-state index in [1.165, 1.54) is 6.20 Å². The molecular weight excluding hydrogens is 281 g/mol. The van der Waals surface area contributed by atoms with Crippen molar-refractivity contribution in [3.05, 3.63) is 23.3 Å². The van der Waals surface area contributed by atoms with Gasteiger partial charge in [-0.1, -0.05) is 0 Å². The van der Waals surface area contributed by atoms with Gasteiger partial charge in [0, 0.05) is 30.0 Å². The van der Waals surface area contributed by atoms with Crippen LogP contribution in [0, 0.1) is 6.92 Å². The van der Waals surface area contributed by atoms with Crippen molar-refractivity contribution in [2.45, 2.75) is 38.5 Å². The molecule has 0 atom stereocenters. The van der Waals surface area contributed by atoms with Crippen LogP contribution in [-0.4, -0.2) is 53.0 Å². The standard InChI is InChI=1S/C14H21F3N4/c1-10-11(8-18-13(19-10)14(15,16)17)9-21-6-4-12(5-7-21)20(2)3/h8,12H,4-7,9H2,1-3H3. The minimum absolute atomic E-state index is 0.409. The third-order valence-corrected chi connectivity index (χ3v) is 4.02. The Kier molecular flexibility index (Phi) is 4.83. The van der Waals surface area contributed by atoms with Crippen LogP contribution in [0.15, 0.2) is 6.20 Å². The lowest BCUT2D eigenvalue weighted by Crippen LogP contribution is -2.41. The van der Waals surface area contributed by atoms with Crippen molar-refractivity contribution in [3.8, 4) is 0 Å². The Labute approximate surface area is 123 Å². The van der Waals surface area contributed by atoms with E-state index in [0.29, 0.717) is 18.3 Å². The summed E-state index contributed by atoms with van der Waals surface area (Å²) in [5, 5.41) is 0. The van der Waals surface area contributed by atoms with Gasteiger partial charge in [-0.3, -0.25) is 4.90 Å². The van der Waals surface area contributed by atoms with E-state index in [1.54, 1.807) is 6.92 Å². The number of hydrogen-bond acceptors (Lipinski definition) is 4. The Morgan fingerprint density at radius 1 is 1.29 bits per heavy atom. The molecule has 0 amide bonds. The molecule has 1 aliphatic rings. The average Bonchev–Trinajstić information content (AvgIpc) is 2.40. The molecule has 1 aliphatic heterocycles. The molecule has 1 aromatic heterocycles. The first kappa shape index (κ1) is 16.2. The normalized spacial score (nSPS) is 18.4. The van der Waals surface area contributed by atoms with E-state index in [4.69, 9.17) is 0 Å². The van der Waals surface area contributed by atoms with Crippen LogP contribution in [0.4, 0.5) is 13.2 Å². The SMILES string of the molecule is Cc1nc(C(F)(F)F)ncc1CN1CCC(N(C)C)CC1. The van der Waals surface area contributed by atoms with E-state index < -0.39 is 12.0 Å². The highest BCUT2D eigenvalue weighted by molar-refractivity contribution is 5.17. The van der Waals surface area contributed by atoms with Crippen molar-refractivity contribution in [1.82, 2.24) is 19.8 Å². The molecule has 118 valence electrons. The molecule has 0 unspecified atom stereocenters. The second-order valence-electron chi connectivity index (χ2n) is 5.77. The van der Waals surface area contributed by atoms with E-state index in [1.807, 2.05) is 0 Å². The highest BCUT2D eigenvalue weighted by Crippen LogP contribution is 2.26. The summed E-state index contributed by atoms with van der Waals surface area (Å²) in [6.45, 7) is 4.12. The summed E-state index contributed by atoms with van der Waals surface area (Å²) in [7, 11) is 4.16. The first-order chi connectivity index (χ1) is 9.77. The van der Waals surface area contributed by atoms with Crippen LogP contribution in [0.3, 0.4) is 0 Å². The molecule has 1 fully saturated rings. The number of halogens is 3. The number of alkyl halides is 3. The zero-order chi connectivity index (χ0) is 15.6. The van der Waals surface area contributed by atoms with Gasteiger partial charge in [-0.15, -0.1) is 0 Å². The van der Waals surface area contributed by atoms with Gasteiger partial charge in [0.05, 0.1) is 0 Å². The predicted octanol–water partition coefficient (Wildman–Crippen LogP) is 2.33. The Morgan fingerprint density at radius 2 is 1.90 bits per heavy atom. The van der Waals surface area contributed by atoms with Gasteiger partial charge in [0.2, 0.25) is 5.82 Å². The summed E-state index contributed by atoms with van der Waals surface area (Å²) in [6, 6.07) is 0.589. The summed E-state index contributed by atoms with van der Waals surface area (Å²) in [5.74, 6) is -1.06. The Bertz CT molecular complexity index is 480. The number of rotatable bonds is 3. The number of likely N-dealkylation sites (tertiary alicyclic amines) is 1. The molecule has 2 rings (SSSR count). The van der Waals surface area contributed by atoms with Gasteiger partial charge in [-0.25, -0.2) is 9.97 Å². The lowest BCUT2D eigenvalue weighted by Gasteiger charge is -2.35. The van der Waals surface area contributed by atoms with E-state index in [0.717, 1.165) is 31.5 Å². The second kappa shape index (κ2) is 6.27. The minimum Gasteiger partial charge on any atom is -0.306 e. The van der Waals surface area contributed by atoms with Gasteiger partial charge < -0.3 is 4.90 Å². The van der Waals surface area contributed by atoms with E-state index >= 15 is 0 Å². The van der Waals surface area contributed by atoms with Gasteiger partial charge >= 0.3 is 6.18 Å². The van der Waals surface area contributed by atoms with Crippen molar-refractivity contribution < 1.29 is 13.2 Å². The number of hydrogen-bond donors (Lipinski definition) is 0. The summed E-state index contributed by atoms with van der Waals surface area (Å²) in [4.78, 5) is 11.5. The molecule has 0 spiro atoms. The predicted molar refractivity (Wildman–Crippen MR) is 73.8 cm³/mol. The fraction of sp³-hybridized carbons (Fsp3) is 0.714. The largest absolute Gasteiger partial charge is 0.451 e. The van der Waals surface area contributed by atoms with E-state index in [2.05, 4.69) is 33.9 Å². The molecule has 0 bridgehead atoms. The van der Waals surface area contributed by atoms with Crippen molar-refractivity contribution >= 4 is 0 Å². The highest BCUT2D eigenvalue weighted by atomic mass is 19.4. The highest BCUT2D eigenvalue weighted by Gasteiger charge is 2.35. The smallest absolute Gasteiger partial charge is 0.306 e. The molecule has 0 aliphatic carbocycles. The van der Waals surface area contributed by atoms with Crippen LogP contribution in [0.2, 0.25) is 0 Å². The lowest BCUT2D eigenvalue weighted by molar-refractivity contribution is -0.145. The van der Waals surface area contributed by atoms with E-state index in [9.17, 15) is 13.2 Å². The van der Waals surface area contributed by atoms with Crippen molar-refractivity contribution in [3.63, 3.8) is 0 Å². The maximum absolute atomic E-state index is 12.5. The molecule has 1 saturated heterocycles. The maximum Gasteiger partial charge on any atom is 0.451 e. The molecule has 2 heterocycles. The number of aryl methyl sites for hydroxylation is 1. The molecule has 21 heavy (non-hydrogen) atoms. The van der Waals surface area contributed by atoms with Crippen LogP contribution in [0.1, 0.15) is 29.9 Å². The monoisotopic (exact) mass is 302 g/mol. The molecule has 1 aromatic rings. The zero-order valence-electron chi connectivity index (χ0n) is 12.6. The molecule has 4 nitrogen and oxygen atoms in total. The number of aromatic nitrogens is 2. The fourth-order valence-electron chi connectivity index (χ4n) is 2.62. The second-order valence-corrected chi connectivity index (χ2v) is 5.77. The summed E-state index contributed by atoms with van der Waals surface area (Å²) >= 11 is 0. The van der Waals surface area contributed by atoms with Crippen molar-refractivity contribution in [2.24, 2.45) is 0 Å².